The van der Waals surface area contributed by atoms with Crippen molar-refractivity contribution in [3.8, 4) is 5.69 Å². The number of pyridine rings is 1. The molecule has 1 atom stereocenters. The SMILES string of the molecule is O=C(NC1CCCc2c1cnn2-c1ccccc1F)c1ccc2ncccc2c1. The van der Waals surface area contributed by atoms with Crippen LogP contribution in [0.15, 0.2) is 67.0 Å². The number of rotatable bonds is 3. The Kier molecular flexibility index (Phi) is 4.31. The summed E-state index contributed by atoms with van der Waals surface area (Å²) in [6, 6.07) is 15.8. The van der Waals surface area contributed by atoms with E-state index in [0.29, 0.717) is 11.3 Å². The van der Waals surface area contributed by atoms with Gasteiger partial charge in [-0.25, -0.2) is 9.07 Å². The smallest absolute Gasteiger partial charge is 0.251 e. The minimum absolute atomic E-state index is 0.132. The molecule has 6 heteroatoms. The van der Waals surface area contributed by atoms with Gasteiger partial charge in [0.2, 0.25) is 0 Å². The molecular formula is C23H19FN4O. The lowest BCUT2D eigenvalue weighted by molar-refractivity contribution is 0.0933. The summed E-state index contributed by atoms with van der Waals surface area (Å²) >= 11 is 0. The van der Waals surface area contributed by atoms with E-state index >= 15 is 0 Å². The number of carbonyl (C=O) groups excluding carboxylic acids is 1. The second-order valence-electron chi connectivity index (χ2n) is 7.24. The maximum Gasteiger partial charge on any atom is 0.251 e. The van der Waals surface area contributed by atoms with Crippen LogP contribution in [0.3, 0.4) is 0 Å². The van der Waals surface area contributed by atoms with Gasteiger partial charge in [-0.15, -0.1) is 0 Å². The monoisotopic (exact) mass is 386 g/mol. The number of carbonyl (C=O) groups is 1. The molecule has 1 unspecified atom stereocenters. The summed E-state index contributed by atoms with van der Waals surface area (Å²) in [7, 11) is 0. The van der Waals surface area contributed by atoms with Crippen LogP contribution in [0.5, 0.6) is 0 Å². The summed E-state index contributed by atoms with van der Waals surface area (Å²) in [6.45, 7) is 0. The van der Waals surface area contributed by atoms with E-state index in [4.69, 9.17) is 0 Å². The minimum atomic E-state index is -0.311. The number of nitrogens with one attached hydrogen (secondary N) is 1. The van der Waals surface area contributed by atoms with Crippen LogP contribution in [0.25, 0.3) is 16.6 Å². The standard InChI is InChI=1S/C23H19FN4O/c24-18-6-1-2-8-22(18)28-21-9-3-7-20(17(21)14-26-28)27-23(29)16-10-11-19-15(13-16)5-4-12-25-19/h1-2,4-6,8,10-14,20H,3,7,9H2,(H,27,29). The molecule has 0 bridgehead atoms. The van der Waals surface area contributed by atoms with Crippen LogP contribution in [-0.2, 0) is 6.42 Å². The fourth-order valence-corrected chi connectivity index (χ4v) is 4.00. The Morgan fingerprint density at radius 2 is 2.03 bits per heavy atom. The van der Waals surface area contributed by atoms with Gasteiger partial charge < -0.3 is 5.32 Å². The van der Waals surface area contributed by atoms with E-state index in [0.717, 1.165) is 41.4 Å². The lowest BCUT2D eigenvalue weighted by Crippen LogP contribution is -2.31. The van der Waals surface area contributed by atoms with Crippen molar-refractivity contribution < 1.29 is 9.18 Å². The third-order valence-corrected chi connectivity index (χ3v) is 5.43. The molecule has 0 saturated carbocycles. The zero-order valence-electron chi connectivity index (χ0n) is 15.7. The fraction of sp³-hybridized carbons (Fsp3) is 0.174. The average Bonchev–Trinajstić information content (AvgIpc) is 3.19. The van der Waals surface area contributed by atoms with Crippen LogP contribution in [-0.4, -0.2) is 20.7 Å². The zero-order chi connectivity index (χ0) is 19.8. The molecule has 0 radical (unpaired) electrons. The van der Waals surface area contributed by atoms with E-state index in [9.17, 15) is 9.18 Å². The number of halogens is 1. The molecule has 2 aromatic heterocycles. The third-order valence-electron chi connectivity index (χ3n) is 5.43. The molecule has 0 fully saturated rings. The molecule has 1 aliphatic rings. The number of nitrogens with zero attached hydrogens (tertiary/aromatic N) is 3. The van der Waals surface area contributed by atoms with Gasteiger partial charge in [0.05, 0.1) is 17.8 Å². The number of hydrogen-bond donors (Lipinski definition) is 1. The molecule has 1 amide bonds. The van der Waals surface area contributed by atoms with Crippen LogP contribution < -0.4 is 5.32 Å². The van der Waals surface area contributed by atoms with Gasteiger partial charge in [0.15, 0.2) is 0 Å². The summed E-state index contributed by atoms with van der Waals surface area (Å²) in [4.78, 5) is 17.2. The predicted molar refractivity (Wildman–Crippen MR) is 108 cm³/mol. The molecule has 0 aliphatic heterocycles. The molecule has 4 aromatic rings. The van der Waals surface area contributed by atoms with Gasteiger partial charge in [0.1, 0.15) is 11.5 Å². The second kappa shape index (κ2) is 7.13. The van der Waals surface area contributed by atoms with Crippen molar-refractivity contribution in [2.75, 3.05) is 0 Å². The van der Waals surface area contributed by atoms with Gasteiger partial charge in [-0.1, -0.05) is 18.2 Å². The predicted octanol–water partition coefficient (Wildman–Crippen LogP) is 4.37. The third kappa shape index (κ3) is 3.16. The molecule has 0 saturated heterocycles. The van der Waals surface area contributed by atoms with Gasteiger partial charge in [-0.2, -0.15) is 5.10 Å². The highest BCUT2D eigenvalue weighted by atomic mass is 19.1. The first-order valence-electron chi connectivity index (χ1n) is 9.68. The lowest BCUT2D eigenvalue weighted by Gasteiger charge is -2.24. The Balaban J connectivity index is 1.43. The summed E-state index contributed by atoms with van der Waals surface area (Å²) < 4.78 is 15.9. The van der Waals surface area contributed by atoms with Crippen molar-refractivity contribution in [3.05, 3.63) is 89.6 Å². The highest BCUT2D eigenvalue weighted by molar-refractivity contribution is 5.98. The van der Waals surface area contributed by atoms with Gasteiger partial charge in [-0.3, -0.25) is 9.78 Å². The Bertz CT molecular complexity index is 1220. The number of benzene rings is 2. The fourth-order valence-electron chi connectivity index (χ4n) is 4.00. The van der Waals surface area contributed by atoms with Crippen molar-refractivity contribution in [2.24, 2.45) is 0 Å². The summed E-state index contributed by atoms with van der Waals surface area (Å²) in [6.07, 6.45) is 6.02. The second-order valence-corrected chi connectivity index (χ2v) is 7.24. The van der Waals surface area contributed by atoms with Crippen LogP contribution in [0.2, 0.25) is 0 Å². The lowest BCUT2D eigenvalue weighted by atomic mass is 9.92. The highest BCUT2D eigenvalue weighted by Gasteiger charge is 2.27. The number of amides is 1. The molecule has 5 rings (SSSR count). The normalized spacial score (nSPS) is 15.8. The first-order valence-corrected chi connectivity index (χ1v) is 9.68. The molecule has 2 aromatic carbocycles. The topological polar surface area (TPSA) is 59.8 Å². The van der Waals surface area contributed by atoms with E-state index in [-0.39, 0.29) is 17.8 Å². The highest BCUT2D eigenvalue weighted by Crippen LogP contribution is 2.32. The van der Waals surface area contributed by atoms with Crippen molar-refractivity contribution in [3.63, 3.8) is 0 Å². The largest absolute Gasteiger partial charge is 0.345 e. The molecule has 29 heavy (non-hydrogen) atoms. The van der Waals surface area contributed by atoms with E-state index in [1.54, 1.807) is 41.3 Å². The van der Waals surface area contributed by atoms with E-state index in [1.807, 2.05) is 24.3 Å². The van der Waals surface area contributed by atoms with E-state index < -0.39 is 0 Å². The Morgan fingerprint density at radius 3 is 2.93 bits per heavy atom. The van der Waals surface area contributed by atoms with Crippen molar-refractivity contribution in [1.29, 1.82) is 0 Å². The maximum absolute atomic E-state index is 14.2. The van der Waals surface area contributed by atoms with Crippen LogP contribution in [0, 0.1) is 5.82 Å². The summed E-state index contributed by atoms with van der Waals surface area (Å²) in [5.74, 6) is -0.443. The van der Waals surface area contributed by atoms with Crippen molar-refractivity contribution >= 4 is 16.8 Å². The average molecular weight is 386 g/mol. The molecule has 0 spiro atoms. The Hall–Kier alpha value is -3.54. The van der Waals surface area contributed by atoms with Gasteiger partial charge in [-0.05, 0) is 55.7 Å². The number of para-hydroxylation sites is 1. The van der Waals surface area contributed by atoms with E-state index in [1.165, 1.54) is 6.07 Å². The van der Waals surface area contributed by atoms with Crippen LogP contribution in [0.1, 0.15) is 40.5 Å². The zero-order valence-corrected chi connectivity index (χ0v) is 15.7. The first-order chi connectivity index (χ1) is 14.2. The molecule has 144 valence electrons. The number of fused-ring (bicyclic) bond motifs is 2. The van der Waals surface area contributed by atoms with Crippen LogP contribution in [0.4, 0.5) is 4.39 Å². The Labute approximate surface area is 167 Å². The minimum Gasteiger partial charge on any atom is -0.345 e. The van der Waals surface area contributed by atoms with Gasteiger partial charge in [0.25, 0.3) is 5.91 Å². The quantitative estimate of drug-likeness (QED) is 0.569. The van der Waals surface area contributed by atoms with Crippen molar-refractivity contribution in [2.45, 2.75) is 25.3 Å². The van der Waals surface area contributed by atoms with Crippen LogP contribution >= 0.6 is 0 Å². The molecule has 2 heterocycles. The van der Waals surface area contributed by atoms with Gasteiger partial charge >= 0.3 is 0 Å². The number of aromatic nitrogens is 3. The molecule has 1 N–H and O–H groups in total. The molecular weight excluding hydrogens is 367 g/mol. The van der Waals surface area contributed by atoms with Gasteiger partial charge in [0, 0.05) is 28.4 Å². The summed E-state index contributed by atoms with van der Waals surface area (Å²) in [5, 5.41) is 8.47. The first kappa shape index (κ1) is 17.6. The number of hydrogen-bond acceptors (Lipinski definition) is 3. The molecule has 5 nitrogen and oxygen atoms in total. The van der Waals surface area contributed by atoms with E-state index in [2.05, 4.69) is 15.4 Å². The Morgan fingerprint density at radius 1 is 1.14 bits per heavy atom. The van der Waals surface area contributed by atoms with Crippen molar-refractivity contribution in [1.82, 2.24) is 20.1 Å². The maximum atomic E-state index is 14.2. The summed E-state index contributed by atoms with van der Waals surface area (Å²) in [5.41, 5.74) is 3.79. The molecule has 1 aliphatic carbocycles.